The maximum Gasteiger partial charge on any atom is 0.322 e. The second kappa shape index (κ2) is 8.13. The second-order valence-corrected chi connectivity index (χ2v) is 7.61. The molecular weight excluding hydrogens is 412 g/mol. The van der Waals surface area contributed by atoms with Gasteiger partial charge in [0.15, 0.2) is 17.3 Å². The van der Waals surface area contributed by atoms with Crippen molar-refractivity contribution in [3.8, 4) is 11.3 Å². The highest BCUT2D eigenvalue weighted by Crippen LogP contribution is 2.42. The summed E-state index contributed by atoms with van der Waals surface area (Å²) in [7, 11) is 8.59. The fourth-order valence-electron chi connectivity index (χ4n) is 3.52. The molecule has 3 N–H and O–H groups in total. The Balaban J connectivity index is 1.77. The summed E-state index contributed by atoms with van der Waals surface area (Å²) in [6, 6.07) is 3.10. The van der Waals surface area contributed by atoms with Gasteiger partial charge in [-0.25, -0.2) is 9.78 Å². The number of amides is 3. The largest absolute Gasteiger partial charge is 0.367 e. The Hall–Kier alpha value is -4.22. The van der Waals surface area contributed by atoms with Crippen LogP contribution in [0.15, 0.2) is 24.5 Å². The zero-order valence-electron chi connectivity index (χ0n) is 18.5. The first-order chi connectivity index (χ1) is 15.3. The van der Waals surface area contributed by atoms with Crippen LogP contribution in [0.4, 0.5) is 27.8 Å². The highest BCUT2D eigenvalue weighted by atomic mass is 16.2. The number of aryl methyl sites for hydroxylation is 1. The van der Waals surface area contributed by atoms with Gasteiger partial charge in [-0.1, -0.05) is 0 Å². The molecule has 32 heavy (non-hydrogen) atoms. The van der Waals surface area contributed by atoms with Crippen molar-refractivity contribution in [1.29, 1.82) is 0 Å². The summed E-state index contributed by atoms with van der Waals surface area (Å²) < 4.78 is 1.79. The minimum Gasteiger partial charge on any atom is -0.367 e. The van der Waals surface area contributed by atoms with Crippen LogP contribution in [-0.2, 0) is 13.6 Å². The molecule has 3 aromatic heterocycles. The average Bonchev–Trinajstić information content (AvgIpc) is 3.13. The molecule has 1 aliphatic rings. The lowest BCUT2D eigenvalue weighted by atomic mass is 10.0. The lowest BCUT2D eigenvalue weighted by Crippen LogP contribution is -2.28. The quantitative estimate of drug-likeness (QED) is 0.559. The molecule has 0 aliphatic carbocycles. The summed E-state index contributed by atoms with van der Waals surface area (Å²) in [5, 5.41) is 21.0. The number of urea groups is 1. The monoisotopic (exact) mass is 436 g/mol. The van der Waals surface area contributed by atoms with Gasteiger partial charge in [-0.05, 0) is 6.07 Å². The van der Waals surface area contributed by atoms with Gasteiger partial charge in [0.1, 0.15) is 0 Å². The van der Waals surface area contributed by atoms with Gasteiger partial charge in [0.25, 0.3) is 5.91 Å². The molecule has 0 aromatic carbocycles. The number of anilines is 4. The van der Waals surface area contributed by atoms with Crippen molar-refractivity contribution in [3.05, 3.63) is 35.8 Å². The van der Waals surface area contributed by atoms with E-state index in [0.717, 1.165) is 22.5 Å². The Morgan fingerprint density at radius 2 is 1.97 bits per heavy atom. The molecule has 0 saturated heterocycles. The summed E-state index contributed by atoms with van der Waals surface area (Å²) in [4.78, 5) is 32.4. The van der Waals surface area contributed by atoms with Crippen molar-refractivity contribution >= 4 is 34.9 Å². The molecule has 166 valence electrons. The van der Waals surface area contributed by atoms with Crippen LogP contribution in [0.2, 0.25) is 0 Å². The van der Waals surface area contributed by atoms with E-state index in [4.69, 9.17) is 0 Å². The average molecular weight is 436 g/mol. The van der Waals surface area contributed by atoms with Crippen molar-refractivity contribution < 1.29 is 9.59 Å². The number of hydrogen-bond donors (Lipinski definition) is 3. The maximum atomic E-state index is 12.4. The van der Waals surface area contributed by atoms with Crippen LogP contribution in [-0.4, -0.2) is 70.0 Å². The molecule has 0 bridgehead atoms. The van der Waals surface area contributed by atoms with Crippen LogP contribution in [0.1, 0.15) is 16.1 Å². The van der Waals surface area contributed by atoms with Gasteiger partial charge in [0.05, 0.1) is 17.1 Å². The van der Waals surface area contributed by atoms with Gasteiger partial charge in [-0.3, -0.25) is 14.8 Å². The fraction of sp³-hybridized carbons (Fsp3) is 0.300. The Labute approximate surface area is 184 Å². The molecule has 3 amide bonds. The van der Waals surface area contributed by atoms with Gasteiger partial charge < -0.3 is 20.4 Å². The van der Waals surface area contributed by atoms with E-state index < -0.39 is 5.91 Å². The molecule has 3 aromatic rings. The smallest absolute Gasteiger partial charge is 0.322 e. The lowest BCUT2D eigenvalue weighted by Gasteiger charge is -2.28. The first-order valence-electron chi connectivity index (χ1n) is 9.86. The van der Waals surface area contributed by atoms with Crippen LogP contribution >= 0.6 is 0 Å². The highest BCUT2D eigenvalue weighted by molar-refractivity contribution is 6.00. The van der Waals surface area contributed by atoms with Gasteiger partial charge in [0.2, 0.25) is 0 Å². The lowest BCUT2D eigenvalue weighted by molar-refractivity contribution is 0.0958. The number of rotatable bonds is 4. The molecule has 0 radical (unpaired) electrons. The molecular formula is C20H24N10O2. The van der Waals surface area contributed by atoms with Gasteiger partial charge in [-0.2, -0.15) is 5.10 Å². The van der Waals surface area contributed by atoms with Gasteiger partial charge >= 0.3 is 6.03 Å². The topological polar surface area (TPSA) is 133 Å². The maximum absolute atomic E-state index is 12.4. The summed E-state index contributed by atoms with van der Waals surface area (Å²) in [5.74, 6) is 0.309. The van der Waals surface area contributed by atoms with Crippen molar-refractivity contribution in [1.82, 2.24) is 35.2 Å². The number of aromatic nitrogens is 5. The number of carbonyl (C=O) groups is 2. The van der Waals surface area contributed by atoms with E-state index in [-0.39, 0.29) is 17.5 Å². The Bertz CT molecular complexity index is 1200. The first-order valence-corrected chi connectivity index (χ1v) is 9.86. The van der Waals surface area contributed by atoms with E-state index in [9.17, 15) is 9.59 Å². The summed E-state index contributed by atoms with van der Waals surface area (Å²) >= 11 is 0. The molecule has 1 aliphatic heterocycles. The summed E-state index contributed by atoms with van der Waals surface area (Å²) in [5.41, 5.74) is 4.21. The number of hydrogen-bond acceptors (Lipinski definition) is 8. The van der Waals surface area contributed by atoms with Crippen LogP contribution in [0.5, 0.6) is 0 Å². The Morgan fingerprint density at radius 3 is 2.69 bits per heavy atom. The van der Waals surface area contributed by atoms with E-state index in [1.54, 1.807) is 31.0 Å². The van der Waals surface area contributed by atoms with Crippen molar-refractivity contribution in [3.63, 3.8) is 0 Å². The van der Waals surface area contributed by atoms with Gasteiger partial charge in [-0.15, -0.1) is 10.2 Å². The second-order valence-electron chi connectivity index (χ2n) is 7.61. The van der Waals surface area contributed by atoms with Gasteiger partial charge in [0, 0.05) is 71.4 Å². The number of nitrogens with zero attached hydrogens (tertiary/aromatic N) is 7. The van der Waals surface area contributed by atoms with Crippen LogP contribution in [0.3, 0.4) is 0 Å². The Kier molecular flexibility index (Phi) is 5.34. The molecule has 0 atom stereocenters. The predicted molar refractivity (Wildman–Crippen MR) is 120 cm³/mol. The molecule has 0 spiro atoms. The normalized spacial score (nSPS) is 12.0. The number of carbonyl (C=O) groups excluding carboxylic acids is 2. The molecule has 0 saturated carbocycles. The minimum absolute atomic E-state index is 0.0757. The molecule has 0 unspecified atom stereocenters. The van der Waals surface area contributed by atoms with E-state index in [1.165, 1.54) is 11.9 Å². The van der Waals surface area contributed by atoms with Crippen molar-refractivity contribution in [2.24, 2.45) is 7.05 Å². The number of pyridine rings is 1. The van der Waals surface area contributed by atoms with Crippen LogP contribution < -0.4 is 20.9 Å². The van der Waals surface area contributed by atoms with E-state index >= 15 is 0 Å². The third kappa shape index (κ3) is 3.77. The van der Waals surface area contributed by atoms with Crippen LogP contribution in [0.25, 0.3) is 11.3 Å². The van der Waals surface area contributed by atoms with E-state index in [0.29, 0.717) is 18.1 Å². The molecule has 4 rings (SSSR count). The standard InChI is InChI=1S/C20H24N10O2/c1-21-19(31)16-13(8-14(25-26-16)24-20(32)28(2)3)23-18-17-12(6-7-22-18)15-11(9-29(17)4)10-30(5)27-15/h6-8,10H,9H2,1-5H3,(H,21,31)(H2,22,23,24,25,32). The molecule has 12 nitrogen and oxygen atoms in total. The fourth-order valence-corrected chi connectivity index (χ4v) is 3.52. The molecule has 4 heterocycles. The molecule has 0 fully saturated rings. The zero-order valence-corrected chi connectivity index (χ0v) is 18.5. The van der Waals surface area contributed by atoms with E-state index in [2.05, 4.69) is 41.1 Å². The zero-order chi connectivity index (χ0) is 23.0. The van der Waals surface area contributed by atoms with Crippen LogP contribution in [0, 0.1) is 0 Å². The SMILES string of the molecule is CNC(=O)c1nnc(NC(=O)N(C)C)cc1Nc1nccc2c1N(C)Cc1cn(C)nc1-2. The van der Waals surface area contributed by atoms with Crippen molar-refractivity contribution in [2.45, 2.75) is 6.54 Å². The number of fused-ring (bicyclic) bond motifs is 3. The minimum atomic E-state index is -0.421. The number of nitrogens with one attached hydrogen (secondary N) is 3. The van der Waals surface area contributed by atoms with Crippen molar-refractivity contribution in [2.75, 3.05) is 43.7 Å². The third-order valence-electron chi connectivity index (χ3n) is 5.00. The summed E-state index contributed by atoms with van der Waals surface area (Å²) in [6.07, 6.45) is 3.68. The first kappa shape index (κ1) is 21.0. The third-order valence-corrected chi connectivity index (χ3v) is 5.00. The summed E-state index contributed by atoms with van der Waals surface area (Å²) in [6.45, 7) is 0.664. The predicted octanol–water partition coefficient (Wildman–Crippen LogP) is 1.42. The molecule has 12 heteroatoms. The van der Waals surface area contributed by atoms with E-state index in [1.807, 2.05) is 26.4 Å². The highest BCUT2D eigenvalue weighted by Gasteiger charge is 2.27. The Morgan fingerprint density at radius 1 is 1.19 bits per heavy atom.